The first-order chi connectivity index (χ1) is 17.3. The third-order valence-corrected chi connectivity index (χ3v) is 6.76. The lowest BCUT2D eigenvalue weighted by Gasteiger charge is -2.35. The summed E-state index contributed by atoms with van der Waals surface area (Å²) < 4.78 is 5.75. The van der Waals surface area contributed by atoms with Crippen LogP contribution in [0.5, 0.6) is 0 Å². The Kier molecular flexibility index (Phi) is 6.32. The van der Waals surface area contributed by atoms with Gasteiger partial charge in [0.05, 0.1) is 17.9 Å². The molecule has 1 spiro atoms. The van der Waals surface area contributed by atoms with E-state index < -0.39 is 23.6 Å². The van der Waals surface area contributed by atoms with E-state index in [1.54, 1.807) is 30.0 Å². The van der Waals surface area contributed by atoms with Crippen molar-refractivity contribution in [1.29, 1.82) is 0 Å². The number of aromatic nitrogens is 2. The Balaban J connectivity index is 1.41. The van der Waals surface area contributed by atoms with E-state index in [4.69, 9.17) is 16.3 Å². The van der Waals surface area contributed by atoms with Crippen molar-refractivity contribution in [2.45, 2.75) is 31.4 Å². The normalized spacial score (nSPS) is 19.3. The molecule has 10 heteroatoms. The predicted octanol–water partition coefficient (Wildman–Crippen LogP) is 3.47. The third kappa shape index (κ3) is 4.61. The molecule has 0 radical (unpaired) electrons. The fraction of sp³-hybridized carbons (Fsp3) is 0.269. The number of fused-ring (bicyclic) bond motifs is 2. The Hall–Kier alpha value is -3.98. The minimum Gasteiger partial charge on any atom is -0.436 e. The van der Waals surface area contributed by atoms with Crippen LogP contribution < -0.4 is 10.6 Å². The molecule has 0 bridgehead atoms. The summed E-state index contributed by atoms with van der Waals surface area (Å²) in [6.45, 7) is 2.19. The number of nitrogens with one attached hydrogen (secondary N) is 2. The fourth-order valence-electron chi connectivity index (χ4n) is 4.77. The van der Waals surface area contributed by atoms with Crippen LogP contribution in [0.3, 0.4) is 0 Å². The molecule has 2 atom stereocenters. The molecule has 9 nitrogen and oxygen atoms in total. The van der Waals surface area contributed by atoms with Crippen molar-refractivity contribution in [3.8, 4) is 0 Å². The average Bonchev–Trinajstić information content (AvgIpc) is 3.28. The van der Waals surface area contributed by atoms with Gasteiger partial charge in [-0.3, -0.25) is 19.9 Å². The van der Waals surface area contributed by atoms with Gasteiger partial charge in [0.1, 0.15) is 11.7 Å². The number of hydrogen-bond acceptors (Lipinski definition) is 6. The van der Waals surface area contributed by atoms with Gasteiger partial charge in [-0.15, -0.1) is 0 Å². The van der Waals surface area contributed by atoms with Crippen molar-refractivity contribution in [3.63, 3.8) is 0 Å². The standard InChI is InChI=1S/C26H24ClN5O4/c1-16-22(29-11-10-28-16)23(33)30-21(13-17-5-3-2-4-6-17)24(34)32-12-9-26(15-32)19-14-18(27)7-8-20(19)31-25(35)36-26/h2-8,10-11,14,21H,9,12-13,15H2,1H3,(H,30,33)(H,31,35)/t21-,26?/m0/s1. The van der Waals surface area contributed by atoms with Gasteiger partial charge in [-0.1, -0.05) is 41.9 Å². The number of aryl methyl sites for hydroxylation is 1. The molecule has 2 N–H and O–H groups in total. The Bertz CT molecular complexity index is 1330. The highest BCUT2D eigenvalue weighted by atomic mass is 35.5. The van der Waals surface area contributed by atoms with Crippen molar-refractivity contribution < 1.29 is 19.1 Å². The molecule has 36 heavy (non-hydrogen) atoms. The highest BCUT2D eigenvalue weighted by molar-refractivity contribution is 6.30. The van der Waals surface area contributed by atoms with Crippen molar-refractivity contribution in [2.24, 2.45) is 0 Å². The topological polar surface area (TPSA) is 114 Å². The van der Waals surface area contributed by atoms with Gasteiger partial charge in [-0.2, -0.15) is 0 Å². The molecule has 5 rings (SSSR count). The van der Waals surface area contributed by atoms with Gasteiger partial charge < -0.3 is 15.0 Å². The Morgan fingerprint density at radius 3 is 2.75 bits per heavy atom. The third-order valence-electron chi connectivity index (χ3n) is 6.52. The van der Waals surface area contributed by atoms with Crippen molar-refractivity contribution in [2.75, 3.05) is 18.4 Å². The van der Waals surface area contributed by atoms with Crippen molar-refractivity contribution in [3.05, 3.63) is 88.5 Å². The summed E-state index contributed by atoms with van der Waals surface area (Å²) in [6, 6.07) is 13.8. The molecule has 0 saturated carbocycles. The number of halogens is 1. The highest BCUT2D eigenvalue weighted by Gasteiger charge is 2.49. The van der Waals surface area contributed by atoms with Crippen LogP contribution in [0.4, 0.5) is 10.5 Å². The van der Waals surface area contributed by atoms with E-state index in [9.17, 15) is 14.4 Å². The first-order valence-electron chi connectivity index (χ1n) is 11.6. The van der Waals surface area contributed by atoms with Crippen molar-refractivity contribution in [1.82, 2.24) is 20.2 Å². The summed E-state index contributed by atoms with van der Waals surface area (Å²) >= 11 is 6.24. The van der Waals surface area contributed by atoms with Crippen molar-refractivity contribution >= 4 is 35.2 Å². The van der Waals surface area contributed by atoms with E-state index in [1.807, 2.05) is 30.3 Å². The molecule has 1 aromatic heterocycles. The molecule has 184 valence electrons. The van der Waals surface area contributed by atoms with Crippen LogP contribution >= 0.6 is 11.6 Å². The molecule has 3 amide bonds. The van der Waals surface area contributed by atoms with Crippen LogP contribution in [0.15, 0.2) is 60.9 Å². The second-order valence-corrected chi connectivity index (χ2v) is 9.35. The Labute approximate surface area is 212 Å². The SMILES string of the molecule is Cc1nccnc1C(=O)N[C@@H](Cc1ccccc1)C(=O)N1CCC2(C1)OC(=O)Nc1ccc(Cl)cc12. The summed E-state index contributed by atoms with van der Waals surface area (Å²) in [4.78, 5) is 49.0. The van der Waals surface area contributed by atoms with Crippen LogP contribution in [0, 0.1) is 6.92 Å². The van der Waals surface area contributed by atoms with E-state index in [0.29, 0.717) is 29.4 Å². The smallest absolute Gasteiger partial charge is 0.412 e. The largest absolute Gasteiger partial charge is 0.436 e. The molecule has 1 saturated heterocycles. The number of benzene rings is 2. The number of carbonyl (C=O) groups is 3. The van der Waals surface area contributed by atoms with Gasteiger partial charge in [0.25, 0.3) is 5.91 Å². The van der Waals surface area contributed by atoms with E-state index in [0.717, 1.165) is 11.1 Å². The highest BCUT2D eigenvalue weighted by Crippen LogP contribution is 2.43. The summed E-state index contributed by atoms with van der Waals surface area (Å²) in [5.74, 6) is -0.752. The first kappa shape index (κ1) is 23.7. The Morgan fingerprint density at radius 2 is 1.97 bits per heavy atom. The number of ether oxygens (including phenoxy) is 1. The van der Waals surface area contributed by atoms with Gasteiger partial charge in [0.15, 0.2) is 5.60 Å². The van der Waals surface area contributed by atoms with Crippen LogP contribution in [-0.2, 0) is 21.6 Å². The maximum Gasteiger partial charge on any atom is 0.412 e. The maximum atomic E-state index is 13.8. The molecular weight excluding hydrogens is 482 g/mol. The predicted molar refractivity (Wildman–Crippen MR) is 133 cm³/mol. The van der Waals surface area contributed by atoms with E-state index in [-0.39, 0.29) is 24.6 Å². The fourth-order valence-corrected chi connectivity index (χ4v) is 4.94. The number of hydrogen-bond donors (Lipinski definition) is 2. The van der Waals surface area contributed by atoms with Gasteiger partial charge in [0, 0.05) is 42.4 Å². The lowest BCUT2D eigenvalue weighted by atomic mass is 9.90. The number of nitrogens with zero attached hydrogens (tertiary/aromatic N) is 3. The molecule has 2 aliphatic rings. The molecule has 3 aromatic rings. The van der Waals surface area contributed by atoms with Crippen LogP contribution in [0.25, 0.3) is 0 Å². The zero-order valence-corrected chi connectivity index (χ0v) is 20.3. The van der Waals surface area contributed by atoms with E-state index >= 15 is 0 Å². The minimum atomic E-state index is -1.01. The molecule has 0 aliphatic carbocycles. The van der Waals surface area contributed by atoms with Crippen LogP contribution in [-0.4, -0.2) is 51.9 Å². The quantitative estimate of drug-likeness (QED) is 0.549. The second kappa shape index (κ2) is 9.58. The molecule has 2 aromatic carbocycles. The Morgan fingerprint density at radius 1 is 1.19 bits per heavy atom. The van der Waals surface area contributed by atoms with E-state index in [2.05, 4.69) is 20.6 Å². The molecule has 3 heterocycles. The number of likely N-dealkylation sites (tertiary alicyclic amines) is 1. The summed E-state index contributed by atoms with van der Waals surface area (Å²) in [7, 11) is 0. The molecular formula is C26H24ClN5O4. The first-order valence-corrected chi connectivity index (χ1v) is 11.9. The number of rotatable bonds is 5. The lowest BCUT2D eigenvalue weighted by Crippen LogP contribution is -2.50. The number of amides is 3. The van der Waals surface area contributed by atoms with Crippen LogP contribution in [0.2, 0.25) is 5.02 Å². The van der Waals surface area contributed by atoms with E-state index in [1.165, 1.54) is 12.4 Å². The molecule has 2 aliphatic heterocycles. The second-order valence-electron chi connectivity index (χ2n) is 8.91. The van der Waals surface area contributed by atoms with Gasteiger partial charge in [-0.05, 0) is 30.7 Å². The molecule has 1 fully saturated rings. The lowest BCUT2D eigenvalue weighted by molar-refractivity contribution is -0.133. The van der Waals surface area contributed by atoms with Crippen LogP contribution in [0.1, 0.15) is 33.7 Å². The summed E-state index contributed by atoms with van der Waals surface area (Å²) in [6.07, 6.45) is 3.07. The van der Waals surface area contributed by atoms with Gasteiger partial charge >= 0.3 is 6.09 Å². The zero-order chi connectivity index (χ0) is 25.3. The van der Waals surface area contributed by atoms with Gasteiger partial charge in [-0.25, -0.2) is 9.78 Å². The molecule has 1 unspecified atom stereocenters. The minimum absolute atomic E-state index is 0.151. The number of carbonyl (C=O) groups excluding carboxylic acids is 3. The monoisotopic (exact) mass is 505 g/mol. The summed E-state index contributed by atoms with van der Waals surface area (Å²) in [5, 5.41) is 6.05. The van der Waals surface area contributed by atoms with Gasteiger partial charge in [0.2, 0.25) is 5.91 Å². The maximum absolute atomic E-state index is 13.8. The zero-order valence-electron chi connectivity index (χ0n) is 19.5. The average molecular weight is 506 g/mol. The number of anilines is 1. The summed E-state index contributed by atoms with van der Waals surface area (Å²) in [5.41, 5.74) is 1.85.